The second-order valence-corrected chi connectivity index (χ2v) is 10.3. The molecule has 0 radical (unpaired) electrons. The summed E-state index contributed by atoms with van der Waals surface area (Å²) in [5.41, 5.74) is 4.03. The van der Waals surface area contributed by atoms with Gasteiger partial charge in [0.05, 0.1) is 0 Å². The standard InChI is InChI=1S/C24H35NO2S/c1-3-25-13-12-19(21(15-25)17-10-8-16(2)9-11-17)20-14-22(18-6-4-5-7-18)28-23(20)24(26)27/h14,16-18H,3-13,15H2,1-2H3,(H,26,27). The largest absolute Gasteiger partial charge is 0.477 e. The van der Waals surface area contributed by atoms with Crippen molar-refractivity contribution in [2.45, 2.75) is 77.6 Å². The van der Waals surface area contributed by atoms with E-state index in [0.717, 1.165) is 37.5 Å². The molecule has 0 unspecified atom stereocenters. The number of carbonyl (C=O) groups is 1. The van der Waals surface area contributed by atoms with Crippen LogP contribution >= 0.6 is 11.3 Å². The fourth-order valence-electron chi connectivity index (χ4n) is 5.61. The molecule has 0 bridgehead atoms. The summed E-state index contributed by atoms with van der Waals surface area (Å²) in [4.78, 5) is 16.6. The second-order valence-electron chi connectivity index (χ2n) is 9.26. The summed E-state index contributed by atoms with van der Waals surface area (Å²) in [7, 11) is 0. The zero-order valence-corrected chi connectivity index (χ0v) is 18.3. The van der Waals surface area contributed by atoms with E-state index in [-0.39, 0.29) is 0 Å². The molecule has 0 atom stereocenters. The SMILES string of the molecule is CCN1CCC(c2cc(C3CCCC3)sc2C(=O)O)=C(C2CCC(C)CC2)C1. The van der Waals surface area contributed by atoms with Gasteiger partial charge in [0.1, 0.15) is 4.88 Å². The Morgan fingerprint density at radius 1 is 1.14 bits per heavy atom. The van der Waals surface area contributed by atoms with Gasteiger partial charge in [0.15, 0.2) is 0 Å². The molecule has 2 aliphatic carbocycles. The lowest BCUT2D eigenvalue weighted by Crippen LogP contribution is -2.34. The molecule has 2 fully saturated rings. The van der Waals surface area contributed by atoms with E-state index in [2.05, 4.69) is 24.8 Å². The van der Waals surface area contributed by atoms with Crippen molar-refractivity contribution >= 4 is 22.9 Å². The van der Waals surface area contributed by atoms with E-state index in [4.69, 9.17) is 0 Å². The Balaban J connectivity index is 1.73. The molecule has 2 heterocycles. The fraction of sp³-hybridized carbons (Fsp3) is 0.708. The van der Waals surface area contributed by atoms with Crippen LogP contribution in [0, 0.1) is 11.8 Å². The van der Waals surface area contributed by atoms with Crippen LogP contribution in [0.25, 0.3) is 5.57 Å². The van der Waals surface area contributed by atoms with Gasteiger partial charge in [-0.25, -0.2) is 4.79 Å². The van der Waals surface area contributed by atoms with Crippen molar-refractivity contribution < 1.29 is 9.90 Å². The van der Waals surface area contributed by atoms with Crippen LogP contribution in [-0.4, -0.2) is 35.6 Å². The smallest absolute Gasteiger partial charge is 0.346 e. The molecule has 0 amide bonds. The first kappa shape index (κ1) is 20.2. The Labute approximate surface area is 173 Å². The molecule has 0 saturated heterocycles. The molecule has 4 rings (SSSR count). The third-order valence-electron chi connectivity index (χ3n) is 7.44. The van der Waals surface area contributed by atoms with Crippen molar-refractivity contribution in [3.05, 3.63) is 27.0 Å². The first-order valence-corrected chi connectivity index (χ1v) is 12.2. The summed E-state index contributed by atoms with van der Waals surface area (Å²) in [5.74, 6) is 1.35. The number of hydrogen-bond donors (Lipinski definition) is 1. The Bertz CT molecular complexity index is 736. The molecule has 2 saturated carbocycles. The highest BCUT2D eigenvalue weighted by atomic mass is 32.1. The summed E-state index contributed by atoms with van der Waals surface area (Å²) in [5, 5.41) is 9.96. The molecule has 3 aliphatic rings. The topological polar surface area (TPSA) is 40.5 Å². The van der Waals surface area contributed by atoms with Crippen LogP contribution in [0.3, 0.4) is 0 Å². The second kappa shape index (κ2) is 8.71. The van der Waals surface area contributed by atoms with Crippen LogP contribution in [0.15, 0.2) is 11.6 Å². The molecular weight excluding hydrogens is 366 g/mol. The molecule has 1 aromatic rings. The maximum atomic E-state index is 12.1. The normalized spacial score (nSPS) is 27.5. The van der Waals surface area contributed by atoms with Crippen LogP contribution in [0.1, 0.15) is 97.7 Å². The Morgan fingerprint density at radius 3 is 2.50 bits per heavy atom. The van der Waals surface area contributed by atoms with Crippen molar-refractivity contribution in [1.29, 1.82) is 0 Å². The van der Waals surface area contributed by atoms with Crippen molar-refractivity contribution in [2.24, 2.45) is 11.8 Å². The summed E-state index contributed by atoms with van der Waals surface area (Å²) in [6, 6.07) is 2.28. The van der Waals surface area contributed by atoms with Gasteiger partial charge in [-0.2, -0.15) is 0 Å². The maximum absolute atomic E-state index is 12.1. The lowest BCUT2D eigenvalue weighted by Gasteiger charge is -2.36. The molecule has 0 spiro atoms. The number of carboxylic acids is 1. The number of carboxylic acid groups (broad SMARTS) is 1. The lowest BCUT2D eigenvalue weighted by atomic mass is 9.75. The first-order valence-electron chi connectivity index (χ1n) is 11.4. The van der Waals surface area contributed by atoms with Gasteiger partial charge in [0.25, 0.3) is 0 Å². The first-order chi connectivity index (χ1) is 13.6. The highest BCUT2D eigenvalue weighted by Crippen LogP contribution is 2.45. The van der Waals surface area contributed by atoms with E-state index >= 15 is 0 Å². The van der Waals surface area contributed by atoms with E-state index in [1.807, 2.05) is 0 Å². The van der Waals surface area contributed by atoms with Crippen LogP contribution in [0.5, 0.6) is 0 Å². The van der Waals surface area contributed by atoms with Gasteiger partial charge in [-0.1, -0.05) is 39.5 Å². The average molecular weight is 402 g/mol. The predicted molar refractivity (Wildman–Crippen MR) is 117 cm³/mol. The van der Waals surface area contributed by atoms with Gasteiger partial charge in [0, 0.05) is 23.5 Å². The third kappa shape index (κ3) is 4.09. The van der Waals surface area contributed by atoms with E-state index in [9.17, 15) is 9.90 Å². The van der Waals surface area contributed by atoms with Crippen LogP contribution in [0.2, 0.25) is 0 Å². The van der Waals surface area contributed by atoms with Gasteiger partial charge in [-0.15, -0.1) is 11.3 Å². The monoisotopic (exact) mass is 401 g/mol. The Kier molecular flexibility index (Phi) is 6.27. The number of aromatic carboxylic acids is 1. The highest BCUT2D eigenvalue weighted by Gasteiger charge is 2.31. The molecule has 3 nitrogen and oxygen atoms in total. The zero-order valence-electron chi connectivity index (χ0n) is 17.5. The summed E-state index contributed by atoms with van der Waals surface area (Å²) >= 11 is 1.57. The van der Waals surface area contributed by atoms with Crippen molar-refractivity contribution in [3.63, 3.8) is 0 Å². The molecule has 4 heteroatoms. The minimum atomic E-state index is -0.730. The number of thiophene rings is 1. The zero-order chi connectivity index (χ0) is 19.7. The van der Waals surface area contributed by atoms with E-state index in [1.54, 1.807) is 16.9 Å². The molecule has 0 aromatic carbocycles. The van der Waals surface area contributed by atoms with Crippen molar-refractivity contribution in [3.8, 4) is 0 Å². The summed E-state index contributed by atoms with van der Waals surface area (Å²) in [6.07, 6.45) is 11.2. The molecule has 28 heavy (non-hydrogen) atoms. The van der Waals surface area contributed by atoms with E-state index < -0.39 is 5.97 Å². The van der Waals surface area contributed by atoms with Crippen LogP contribution < -0.4 is 0 Å². The van der Waals surface area contributed by atoms with Gasteiger partial charge >= 0.3 is 5.97 Å². The minimum absolute atomic E-state index is 0.590. The fourth-order valence-corrected chi connectivity index (χ4v) is 6.81. The number of rotatable bonds is 5. The van der Waals surface area contributed by atoms with Crippen LogP contribution in [0.4, 0.5) is 0 Å². The minimum Gasteiger partial charge on any atom is -0.477 e. The molecule has 1 N–H and O–H groups in total. The lowest BCUT2D eigenvalue weighted by molar-refractivity contribution is 0.0702. The summed E-state index contributed by atoms with van der Waals surface area (Å²) < 4.78 is 0. The summed E-state index contributed by atoms with van der Waals surface area (Å²) in [6.45, 7) is 7.81. The number of hydrogen-bond acceptors (Lipinski definition) is 3. The van der Waals surface area contributed by atoms with Gasteiger partial charge in [0.2, 0.25) is 0 Å². The van der Waals surface area contributed by atoms with E-state index in [1.165, 1.54) is 61.8 Å². The average Bonchev–Trinajstić information content (AvgIpc) is 3.38. The molecular formula is C24H35NO2S. The highest BCUT2D eigenvalue weighted by molar-refractivity contribution is 7.14. The number of likely N-dealkylation sites (N-methyl/N-ethyl adjacent to an activating group) is 1. The van der Waals surface area contributed by atoms with Gasteiger partial charge in [-0.05, 0) is 73.6 Å². The van der Waals surface area contributed by atoms with Crippen LogP contribution in [-0.2, 0) is 0 Å². The molecule has 154 valence electrons. The Morgan fingerprint density at radius 2 is 1.86 bits per heavy atom. The van der Waals surface area contributed by atoms with Crippen molar-refractivity contribution in [2.75, 3.05) is 19.6 Å². The predicted octanol–water partition coefficient (Wildman–Crippen LogP) is 6.41. The van der Waals surface area contributed by atoms with Gasteiger partial charge in [-0.3, -0.25) is 4.90 Å². The van der Waals surface area contributed by atoms with E-state index in [0.29, 0.717) is 16.7 Å². The quantitative estimate of drug-likeness (QED) is 0.620. The Hall–Kier alpha value is -1.13. The van der Waals surface area contributed by atoms with Crippen molar-refractivity contribution in [1.82, 2.24) is 4.90 Å². The third-order valence-corrected chi connectivity index (χ3v) is 8.73. The maximum Gasteiger partial charge on any atom is 0.346 e. The number of nitrogens with zero attached hydrogens (tertiary/aromatic N) is 1. The molecule has 1 aliphatic heterocycles. The van der Waals surface area contributed by atoms with Gasteiger partial charge < -0.3 is 5.11 Å². The molecule has 1 aromatic heterocycles.